The normalized spacial score (nSPS) is 14.2. The Morgan fingerprint density at radius 3 is 2.12 bits per heavy atom. The SMILES string of the molecule is COC(=O)CCC(C(N)=O)N1Cc2c(OCc3ccc(CN(CCC(F)(F)F)CCC(F)(F)F)cc3)cccc2C1=O. The van der Waals surface area contributed by atoms with Crippen molar-refractivity contribution in [3.63, 3.8) is 0 Å². The van der Waals surface area contributed by atoms with Crippen LogP contribution in [0.2, 0.25) is 0 Å². The molecule has 0 radical (unpaired) electrons. The molecule has 14 heteroatoms. The first-order chi connectivity index (χ1) is 19.7. The first kappa shape index (κ1) is 32.7. The van der Waals surface area contributed by atoms with Crippen molar-refractivity contribution in [1.29, 1.82) is 0 Å². The van der Waals surface area contributed by atoms with Crippen molar-refractivity contribution >= 4 is 17.8 Å². The fourth-order valence-corrected chi connectivity index (χ4v) is 4.52. The maximum atomic E-state index is 13.0. The summed E-state index contributed by atoms with van der Waals surface area (Å²) < 4.78 is 86.5. The Balaban J connectivity index is 1.65. The second-order valence-corrected chi connectivity index (χ2v) is 9.86. The second kappa shape index (κ2) is 13.9. The Labute approximate surface area is 238 Å². The molecule has 1 unspecified atom stereocenters. The molecule has 0 bridgehead atoms. The van der Waals surface area contributed by atoms with Gasteiger partial charge in [0.05, 0.1) is 26.5 Å². The van der Waals surface area contributed by atoms with Crippen molar-refractivity contribution in [2.45, 2.75) is 63.8 Å². The summed E-state index contributed by atoms with van der Waals surface area (Å²) in [6.45, 7) is -1.12. The maximum Gasteiger partial charge on any atom is 0.390 e. The molecule has 0 aromatic heterocycles. The molecule has 3 rings (SSSR count). The Morgan fingerprint density at radius 1 is 0.976 bits per heavy atom. The molecule has 230 valence electrons. The van der Waals surface area contributed by atoms with E-state index >= 15 is 0 Å². The molecule has 0 saturated heterocycles. The third-order valence-electron chi connectivity index (χ3n) is 6.75. The van der Waals surface area contributed by atoms with E-state index in [9.17, 15) is 40.7 Å². The quantitative estimate of drug-likeness (QED) is 0.248. The molecule has 2 aromatic rings. The highest BCUT2D eigenvalue weighted by Crippen LogP contribution is 2.33. The summed E-state index contributed by atoms with van der Waals surface area (Å²) in [6.07, 6.45) is -11.5. The largest absolute Gasteiger partial charge is 0.489 e. The van der Waals surface area contributed by atoms with Gasteiger partial charge in [-0.15, -0.1) is 0 Å². The van der Waals surface area contributed by atoms with Crippen LogP contribution in [0.15, 0.2) is 42.5 Å². The Morgan fingerprint density at radius 2 is 1.57 bits per heavy atom. The van der Waals surface area contributed by atoms with E-state index in [1.165, 1.54) is 12.0 Å². The number of fused-ring (bicyclic) bond motifs is 1. The van der Waals surface area contributed by atoms with Crippen molar-refractivity contribution in [3.8, 4) is 5.75 Å². The molecule has 2 amide bonds. The number of methoxy groups -OCH3 is 1. The van der Waals surface area contributed by atoms with Gasteiger partial charge in [0, 0.05) is 37.2 Å². The zero-order valence-electron chi connectivity index (χ0n) is 22.8. The zero-order valence-corrected chi connectivity index (χ0v) is 22.8. The van der Waals surface area contributed by atoms with Gasteiger partial charge in [-0.3, -0.25) is 19.3 Å². The first-order valence-electron chi connectivity index (χ1n) is 13.0. The van der Waals surface area contributed by atoms with E-state index in [1.54, 1.807) is 42.5 Å². The van der Waals surface area contributed by atoms with E-state index in [-0.39, 0.29) is 32.5 Å². The lowest BCUT2D eigenvalue weighted by atomic mass is 10.1. The highest BCUT2D eigenvalue weighted by Gasteiger charge is 2.37. The van der Waals surface area contributed by atoms with Crippen LogP contribution in [0.1, 0.15) is 52.7 Å². The van der Waals surface area contributed by atoms with Crippen LogP contribution in [0, 0.1) is 0 Å². The average molecular weight is 604 g/mol. The third-order valence-corrected chi connectivity index (χ3v) is 6.75. The van der Waals surface area contributed by atoms with E-state index in [0.717, 1.165) is 4.90 Å². The molecule has 0 spiro atoms. The summed E-state index contributed by atoms with van der Waals surface area (Å²) >= 11 is 0. The fourth-order valence-electron chi connectivity index (χ4n) is 4.52. The van der Waals surface area contributed by atoms with Gasteiger partial charge in [-0.1, -0.05) is 30.3 Å². The van der Waals surface area contributed by atoms with Gasteiger partial charge >= 0.3 is 18.3 Å². The molecule has 0 aliphatic carbocycles. The Kier molecular flexibility index (Phi) is 10.8. The molecular formula is C28H31F6N3O5. The number of carbonyl (C=O) groups excluding carboxylic acids is 3. The van der Waals surface area contributed by atoms with Crippen LogP contribution in [0.3, 0.4) is 0 Å². The topological polar surface area (TPSA) is 102 Å². The first-order valence-corrected chi connectivity index (χ1v) is 13.0. The Hall–Kier alpha value is -3.81. The molecule has 42 heavy (non-hydrogen) atoms. The predicted molar refractivity (Wildman–Crippen MR) is 138 cm³/mol. The standard InChI is InChI=1S/C28H31F6N3O5/c1-41-24(38)10-9-22(25(35)39)37-16-21-20(26(37)40)3-2-4-23(21)42-17-19-7-5-18(6-8-19)15-36(13-11-27(29,30)31)14-12-28(32,33)34/h2-8,22H,9-17H2,1H3,(H2,35,39). The number of alkyl halides is 6. The molecular weight excluding hydrogens is 572 g/mol. The second-order valence-electron chi connectivity index (χ2n) is 9.86. The highest BCUT2D eigenvalue weighted by molar-refractivity contribution is 6.01. The van der Waals surface area contributed by atoms with Crippen LogP contribution >= 0.6 is 0 Å². The van der Waals surface area contributed by atoms with Gasteiger partial charge in [-0.05, 0) is 29.7 Å². The number of benzene rings is 2. The van der Waals surface area contributed by atoms with Crippen molar-refractivity contribution < 1.29 is 50.2 Å². The molecule has 0 fully saturated rings. The van der Waals surface area contributed by atoms with Crippen LogP contribution in [-0.4, -0.2) is 66.2 Å². The highest BCUT2D eigenvalue weighted by atomic mass is 19.4. The molecule has 8 nitrogen and oxygen atoms in total. The number of hydrogen-bond acceptors (Lipinski definition) is 6. The van der Waals surface area contributed by atoms with Crippen LogP contribution in [0.5, 0.6) is 5.75 Å². The van der Waals surface area contributed by atoms with Gasteiger partial charge in [0.25, 0.3) is 5.91 Å². The van der Waals surface area contributed by atoms with E-state index < -0.39 is 62.1 Å². The minimum atomic E-state index is -4.49. The van der Waals surface area contributed by atoms with Gasteiger partial charge in [0.15, 0.2) is 0 Å². The Bertz CT molecular complexity index is 1230. The molecule has 0 saturated carbocycles. The van der Waals surface area contributed by atoms with Gasteiger partial charge in [0.1, 0.15) is 18.4 Å². The molecule has 1 atom stereocenters. The van der Waals surface area contributed by atoms with Crippen LogP contribution < -0.4 is 10.5 Å². The van der Waals surface area contributed by atoms with Crippen molar-refractivity contribution in [3.05, 3.63) is 64.7 Å². The minimum Gasteiger partial charge on any atom is -0.489 e. The number of carbonyl (C=O) groups is 3. The molecule has 2 N–H and O–H groups in total. The summed E-state index contributed by atoms with van der Waals surface area (Å²) in [7, 11) is 1.21. The minimum absolute atomic E-state index is 0.00584. The third kappa shape index (κ3) is 9.64. The predicted octanol–water partition coefficient (Wildman–Crippen LogP) is 4.74. The van der Waals surface area contributed by atoms with Gasteiger partial charge in [-0.25, -0.2) is 0 Å². The average Bonchev–Trinajstić information content (AvgIpc) is 3.25. The van der Waals surface area contributed by atoms with E-state index in [4.69, 9.17) is 10.5 Å². The van der Waals surface area contributed by atoms with Crippen molar-refractivity contribution in [2.75, 3.05) is 20.2 Å². The van der Waals surface area contributed by atoms with Crippen molar-refractivity contribution in [2.24, 2.45) is 5.73 Å². The number of esters is 1. The summed E-state index contributed by atoms with van der Waals surface area (Å²) in [6, 6.07) is 10.3. The monoisotopic (exact) mass is 603 g/mol. The zero-order chi connectivity index (χ0) is 31.1. The van der Waals surface area contributed by atoms with E-state index in [2.05, 4.69) is 4.74 Å². The van der Waals surface area contributed by atoms with Crippen LogP contribution in [0.4, 0.5) is 26.3 Å². The van der Waals surface area contributed by atoms with E-state index in [0.29, 0.717) is 28.0 Å². The number of hydrogen-bond donors (Lipinski definition) is 1. The number of nitrogens with two attached hydrogens (primary N) is 1. The summed E-state index contributed by atoms with van der Waals surface area (Å²) in [5.41, 5.74) is 7.57. The lowest BCUT2D eigenvalue weighted by Crippen LogP contribution is -2.45. The number of rotatable bonds is 14. The van der Waals surface area contributed by atoms with Gasteiger partial charge in [0.2, 0.25) is 5.91 Å². The van der Waals surface area contributed by atoms with Gasteiger partial charge in [-0.2, -0.15) is 26.3 Å². The number of amides is 2. The number of nitrogens with zero attached hydrogens (tertiary/aromatic N) is 2. The lowest BCUT2D eigenvalue weighted by Gasteiger charge is -2.24. The number of primary amides is 1. The van der Waals surface area contributed by atoms with Crippen molar-refractivity contribution in [1.82, 2.24) is 9.80 Å². The smallest absolute Gasteiger partial charge is 0.390 e. The fraction of sp³-hybridized carbons (Fsp3) is 0.464. The van der Waals surface area contributed by atoms with Crippen LogP contribution in [-0.2, 0) is 34.0 Å². The molecule has 2 aromatic carbocycles. The lowest BCUT2D eigenvalue weighted by molar-refractivity contribution is -0.146. The molecule has 1 heterocycles. The molecule has 1 aliphatic rings. The summed E-state index contributed by atoms with van der Waals surface area (Å²) in [5, 5.41) is 0. The van der Waals surface area contributed by atoms with Gasteiger partial charge < -0.3 is 20.1 Å². The summed E-state index contributed by atoms with van der Waals surface area (Å²) in [4.78, 5) is 39.1. The number of ether oxygens (including phenoxy) is 2. The van der Waals surface area contributed by atoms with Crippen LogP contribution in [0.25, 0.3) is 0 Å². The maximum absolute atomic E-state index is 13.0. The van der Waals surface area contributed by atoms with E-state index in [1.807, 2.05) is 0 Å². The number of halogens is 6. The summed E-state index contributed by atoms with van der Waals surface area (Å²) in [5.74, 6) is -1.36. The molecule has 1 aliphatic heterocycles.